The molecule has 0 atom stereocenters. The van der Waals surface area contributed by atoms with Gasteiger partial charge in [0, 0.05) is 39.3 Å². The molecule has 3 aliphatic rings. The van der Waals surface area contributed by atoms with Crippen LogP contribution in [0.2, 0.25) is 0 Å². The molecule has 0 aromatic carbocycles. The molecule has 1 saturated carbocycles. The minimum atomic E-state index is -3.03. The third kappa shape index (κ3) is 5.22. The van der Waals surface area contributed by atoms with Crippen LogP contribution >= 0.6 is 24.0 Å². The molecule has 3 fully saturated rings. The van der Waals surface area contributed by atoms with E-state index < -0.39 is 10.0 Å². The molecular formula is C17H33IN4O2S. The van der Waals surface area contributed by atoms with E-state index in [-0.39, 0.29) is 24.0 Å². The van der Waals surface area contributed by atoms with Crippen LogP contribution in [0.1, 0.15) is 45.4 Å². The number of sulfonamides is 1. The summed E-state index contributed by atoms with van der Waals surface area (Å²) >= 11 is 0. The summed E-state index contributed by atoms with van der Waals surface area (Å²) in [4.78, 5) is 7.33. The van der Waals surface area contributed by atoms with E-state index in [0.29, 0.717) is 24.4 Å². The Labute approximate surface area is 169 Å². The summed E-state index contributed by atoms with van der Waals surface area (Å²) in [6.45, 7) is 7.39. The third-order valence-corrected chi connectivity index (χ3v) is 7.33. The van der Waals surface area contributed by atoms with Crippen LogP contribution in [0.25, 0.3) is 0 Å². The van der Waals surface area contributed by atoms with Gasteiger partial charge in [-0.05, 0) is 50.4 Å². The SMILES string of the molecule is CCNC(=NCC1CCN(S(C)(=O)=O)CC1)N1CCC2(CCC2)C1.I. The molecule has 0 aromatic rings. The maximum absolute atomic E-state index is 11.6. The van der Waals surface area contributed by atoms with Crippen molar-refractivity contribution in [1.29, 1.82) is 0 Å². The second-order valence-corrected chi connectivity index (χ2v) is 9.81. The predicted octanol–water partition coefficient (Wildman–Crippen LogP) is 2.12. The molecule has 0 unspecified atom stereocenters. The van der Waals surface area contributed by atoms with E-state index in [1.165, 1.54) is 31.9 Å². The van der Waals surface area contributed by atoms with Gasteiger partial charge in [0.15, 0.2) is 5.96 Å². The van der Waals surface area contributed by atoms with Crippen LogP contribution in [-0.4, -0.2) is 69.1 Å². The van der Waals surface area contributed by atoms with Gasteiger partial charge in [0.2, 0.25) is 10.0 Å². The molecular weight excluding hydrogens is 451 g/mol. The van der Waals surface area contributed by atoms with Gasteiger partial charge in [0.1, 0.15) is 0 Å². The third-order valence-electron chi connectivity index (χ3n) is 6.03. The Morgan fingerprint density at radius 3 is 2.36 bits per heavy atom. The van der Waals surface area contributed by atoms with E-state index in [9.17, 15) is 8.42 Å². The van der Waals surface area contributed by atoms with E-state index in [4.69, 9.17) is 4.99 Å². The number of nitrogens with one attached hydrogen (secondary N) is 1. The fourth-order valence-corrected chi connectivity index (χ4v) is 5.14. The molecule has 0 amide bonds. The number of hydrogen-bond acceptors (Lipinski definition) is 3. The summed E-state index contributed by atoms with van der Waals surface area (Å²) in [7, 11) is -3.03. The predicted molar refractivity (Wildman–Crippen MR) is 113 cm³/mol. The first-order valence-electron chi connectivity index (χ1n) is 9.40. The Bertz CT molecular complexity index is 569. The summed E-state index contributed by atoms with van der Waals surface area (Å²) in [5.41, 5.74) is 0.580. The van der Waals surface area contributed by atoms with E-state index >= 15 is 0 Å². The standard InChI is InChI=1S/C17H32N4O2S.HI/c1-3-18-16(20-12-9-17(14-20)7-4-8-17)19-13-15-5-10-21(11-6-15)24(2,22)23;/h15H,3-14H2,1-2H3,(H,18,19);1H. The fraction of sp³-hybridized carbons (Fsp3) is 0.941. The number of likely N-dealkylation sites (tertiary alicyclic amines) is 1. The smallest absolute Gasteiger partial charge is 0.211 e. The van der Waals surface area contributed by atoms with Gasteiger partial charge in [-0.3, -0.25) is 4.99 Å². The molecule has 1 spiro atoms. The van der Waals surface area contributed by atoms with Crippen LogP contribution < -0.4 is 5.32 Å². The van der Waals surface area contributed by atoms with Gasteiger partial charge >= 0.3 is 0 Å². The molecule has 0 radical (unpaired) electrons. The van der Waals surface area contributed by atoms with E-state index in [1.807, 2.05) is 0 Å². The van der Waals surface area contributed by atoms with Gasteiger partial charge in [-0.25, -0.2) is 12.7 Å². The maximum atomic E-state index is 11.6. The monoisotopic (exact) mass is 484 g/mol. The van der Waals surface area contributed by atoms with Crippen molar-refractivity contribution < 1.29 is 8.42 Å². The second kappa shape index (κ2) is 8.73. The molecule has 6 nitrogen and oxygen atoms in total. The molecule has 0 bridgehead atoms. The fourth-order valence-electron chi connectivity index (χ4n) is 4.27. The number of aliphatic imine (C=N–C) groups is 1. The maximum Gasteiger partial charge on any atom is 0.211 e. The van der Waals surface area contributed by atoms with Crippen molar-refractivity contribution >= 4 is 40.0 Å². The van der Waals surface area contributed by atoms with Crippen LogP contribution in [0.5, 0.6) is 0 Å². The summed E-state index contributed by atoms with van der Waals surface area (Å²) in [6.07, 6.45) is 8.60. The lowest BCUT2D eigenvalue weighted by molar-refractivity contribution is 0.151. The number of halogens is 1. The highest BCUT2D eigenvalue weighted by molar-refractivity contribution is 14.0. The Morgan fingerprint density at radius 1 is 1.20 bits per heavy atom. The number of piperidine rings is 1. The van der Waals surface area contributed by atoms with Crippen LogP contribution in [0, 0.1) is 11.3 Å². The van der Waals surface area contributed by atoms with Gasteiger partial charge < -0.3 is 10.2 Å². The molecule has 2 aliphatic heterocycles. The number of rotatable bonds is 4. The highest BCUT2D eigenvalue weighted by atomic mass is 127. The van der Waals surface area contributed by atoms with Crippen LogP contribution in [-0.2, 0) is 10.0 Å². The summed E-state index contributed by atoms with van der Waals surface area (Å²) in [5.74, 6) is 1.56. The lowest BCUT2D eigenvalue weighted by Gasteiger charge is -2.38. The minimum Gasteiger partial charge on any atom is -0.357 e. The number of hydrogen-bond donors (Lipinski definition) is 1. The van der Waals surface area contributed by atoms with Crippen LogP contribution in [0.3, 0.4) is 0 Å². The molecule has 8 heteroatoms. The van der Waals surface area contributed by atoms with Crippen molar-refractivity contribution in [2.24, 2.45) is 16.3 Å². The Kier molecular flexibility index (Phi) is 7.41. The first-order valence-corrected chi connectivity index (χ1v) is 11.3. The largest absolute Gasteiger partial charge is 0.357 e. The molecule has 1 N–H and O–H groups in total. The number of guanidine groups is 1. The number of nitrogens with zero attached hydrogens (tertiary/aromatic N) is 3. The second-order valence-electron chi connectivity index (χ2n) is 7.83. The van der Waals surface area contributed by atoms with Gasteiger partial charge in [-0.2, -0.15) is 0 Å². The molecule has 0 aromatic heterocycles. The highest BCUT2D eigenvalue weighted by Gasteiger charge is 2.43. The molecule has 2 saturated heterocycles. The van der Waals surface area contributed by atoms with Gasteiger partial charge in [-0.1, -0.05) is 6.42 Å². The molecule has 25 heavy (non-hydrogen) atoms. The Hall–Kier alpha value is -0.0900. The zero-order valence-electron chi connectivity index (χ0n) is 15.5. The van der Waals surface area contributed by atoms with Gasteiger partial charge in [0.25, 0.3) is 0 Å². The summed E-state index contributed by atoms with van der Waals surface area (Å²) in [6, 6.07) is 0. The lowest BCUT2D eigenvalue weighted by atomic mass is 9.68. The molecule has 2 heterocycles. The average molecular weight is 484 g/mol. The summed E-state index contributed by atoms with van der Waals surface area (Å²) < 4.78 is 24.8. The van der Waals surface area contributed by atoms with Crippen molar-refractivity contribution in [2.75, 3.05) is 45.5 Å². The quantitative estimate of drug-likeness (QED) is 0.377. The molecule has 3 rings (SSSR count). The van der Waals surface area contributed by atoms with Crippen molar-refractivity contribution in [1.82, 2.24) is 14.5 Å². The zero-order valence-corrected chi connectivity index (χ0v) is 18.7. The van der Waals surface area contributed by atoms with E-state index in [1.54, 1.807) is 4.31 Å². The van der Waals surface area contributed by atoms with Crippen molar-refractivity contribution in [3.8, 4) is 0 Å². The van der Waals surface area contributed by atoms with E-state index in [2.05, 4.69) is 17.1 Å². The minimum absolute atomic E-state index is 0. The topological polar surface area (TPSA) is 65.0 Å². The first kappa shape index (κ1) is 21.2. The van der Waals surface area contributed by atoms with Crippen molar-refractivity contribution in [3.05, 3.63) is 0 Å². The van der Waals surface area contributed by atoms with Crippen LogP contribution in [0.15, 0.2) is 4.99 Å². The van der Waals surface area contributed by atoms with Crippen molar-refractivity contribution in [3.63, 3.8) is 0 Å². The Balaban J connectivity index is 0.00000225. The Morgan fingerprint density at radius 2 is 1.88 bits per heavy atom. The first-order chi connectivity index (χ1) is 11.4. The zero-order chi connectivity index (χ0) is 17.2. The summed E-state index contributed by atoms with van der Waals surface area (Å²) in [5, 5.41) is 3.45. The molecule has 146 valence electrons. The van der Waals surface area contributed by atoms with Gasteiger partial charge in [0.05, 0.1) is 6.26 Å². The highest BCUT2D eigenvalue weighted by Crippen LogP contribution is 2.47. The lowest BCUT2D eigenvalue weighted by Crippen LogP contribution is -2.43. The van der Waals surface area contributed by atoms with Crippen molar-refractivity contribution in [2.45, 2.75) is 45.4 Å². The molecule has 1 aliphatic carbocycles. The normalized spacial score (nSPS) is 24.9. The van der Waals surface area contributed by atoms with Gasteiger partial charge in [-0.15, -0.1) is 24.0 Å². The van der Waals surface area contributed by atoms with E-state index in [0.717, 1.165) is 45.0 Å². The van der Waals surface area contributed by atoms with Crippen LogP contribution in [0.4, 0.5) is 0 Å². The average Bonchev–Trinajstić information content (AvgIpc) is 2.97.